The van der Waals surface area contributed by atoms with Crippen LogP contribution in [0.1, 0.15) is 25.3 Å². The molecule has 0 aliphatic heterocycles. The molecule has 0 spiro atoms. The maximum atomic E-state index is 10.9. The second-order valence-electron chi connectivity index (χ2n) is 4.03. The van der Waals surface area contributed by atoms with E-state index in [-0.39, 0.29) is 30.1 Å². The van der Waals surface area contributed by atoms with Crippen molar-refractivity contribution in [3.63, 3.8) is 0 Å². The van der Waals surface area contributed by atoms with Crippen molar-refractivity contribution in [2.24, 2.45) is 0 Å². The lowest BCUT2D eigenvalue weighted by atomic mass is 10.0. The molecule has 1 radical (unpaired) electrons. The van der Waals surface area contributed by atoms with Gasteiger partial charge in [-0.1, -0.05) is 6.07 Å². The van der Waals surface area contributed by atoms with Crippen LogP contribution in [0.3, 0.4) is 0 Å². The number of ether oxygens (including phenoxy) is 1. The third-order valence-corrected chi connectivity index (χ3v) is 2.23. The molecule has 0 aromatic heterocycles. The smallest absolute Gasteiger partial charge is 0.311 e. The second kappa shape index (κ2) is 5.63. The minimum absolute atomic E-state index is 0.0988. The Labute approximate surface area is 100 Å². The molecule has 0 saturated heterocycles. The van der Waals surface area contributed by atoms with Crippen LogP contribution in [0.25, 0.3) is 0 Å². The Morgan fingerprint density at radius 2 is 2.18 bits per heavy atom. The lowest BCUT2D eigenvalue weighted by molar-refractivity contribution is -0.386. The summed E-state index contributed by atoms with van der Waals surface area (Å²) in [6, 6.07) is 4.62. The number of nitro benzene ring substituents is 1. The Bertz CT molecular complexity index is 403. The topological polar surface area (TPSA) is 72.6 Å². The Balaban J connectivity index is 3.12. The first-order valence-corrected chi connectivity index (χ1v) is 5.34. The van der Waals surface area contributed by atoms with Gasteiger partial charge >= 0.3 is 5.69 Å². The number of rotatable bonds is 5. The highest BCUT2D eigenvalue weighted by Gasteiger charge is 2.18. The molecule has 0 saturated carbocycles. The molecule has 1 N–H and O–H groups in total. The number of hydrogen-bond donors (Lipinski definition) is 1. The van der Waals surface area contributed by atoms with Gasteiger partial charge < -0.3 is 9.84 Å². The molecule has 0 heterocycles. The summed E-state index contributed by atoms with van der Waals surface area (Å²) in [5.41, 5.74) is 0.522. The van der Waals surface area contributed by atoms with Crippen LogP contribution in [0.4, 0.5) is 5.69 Å². The van der Waals surface area contributed by atoms with E-state index in [9.17, 15) is 10.1 Å². The van der Waals surface area contributed by atoms with E-state index in [1.165, 1.54) is 6.07 Å². The molecular formula is C12H16NO4. The predicted molar refractivity (Wildman–Crippen MR) is 64.0 cm³/mol. The summed E-state index contributed by atoms with van der Waals surface area (Å²) < 4.78 is 5.35. The summed E-state index contributed by atoms with van der Waals surface area (Å²) in [6.07, 6.45) is -0.132. The third kappa shape index (κ3) is 3.42. The van der Waals surface area contributed by atoms with Gasteiger partial charge in [-0.15, -0.1) is 0 Å². The first kappa shape index (κ1) is 13.4. The van der Waals surface area contributed by atoms with Crippen molar-refractivity contribution in [2.75, 3.05) is 6.61 Å². The highest BCUT2D eigenvalue weighted by atomic mass is 16.6. The van der Waals surface area contributed by atoms with Crippen molar-refractivity contribution < 1.29 is 14.8 Å². The molecule has 1 unspecified atom stereocenters. The standard InChI is InChI=1S/C12H16NO4/c1-8(2)17-12-5-4-10(9(3)7-14)6-11(12)13(15)16/h4-6,8-9,14H,3,7H2,1-2H3. The van der Waals surface area contributed by atoms with E-state index in [4.69, 9.17) is 9.84 Å². The molecule has 0 aliphatic rings. The minimum Gasteiger partial charge on any atom is -0.484 e. The molecular weight excluding hydrogens is 222 g/mol. The van der Waals surface area contributed by atoms with Crippen LogP contribution in [0.15, 0.2) is 18.2 Å². The van der Waals surface area contributed by atoms with Gasteiger partial charge in [0.25, 0.3) is 0 Å². The van der Waals surface area contributed by atoms with E-state index in [2.05, 4.69) is 6.92 Å². The Morgan fingerprint density at radius 3 is 2.65 bits per heavy atom. The zero-order chi connectivity index (χ0) is 13.0. The molecule has 5 nitrogen and oxygen atoms in total. The summed E-state index contributed by atoms with van der Waals surface area (Å²) >= 11 is 0. The van der Waals surface area contributed by atoms with Gasteiger partial charge in [-0.2, -0.15) is 0 Å². The molecule has 5 heteroatoms. The number of benzene rings is 1. The van der Waals surface area contributed by atoms with Gasteiger partial charge in [-0.25, -0.2) is 0 Å². The molecule has 1 aromatic rings. The van der Waals surface area contributed by atoms with Crippen LogP contribution >= 0.6 is 0 Å². The maximum Gasteiger partial charge on any atom is 0.311 e. The van der Waals surface area contributed by atoms with Crippen molar-refractivity contribution in [2.45, 2.75) is 25.9 Å². The zero-order valence-corrected chi connectivity index (χ0v) is 9.92. The van der Waals surface area contributed by atoms with E-state index >= 15 is 0 Å². The van der Waals surface area contributed by atoms with Gasteiger partial charge in [0.1, 0.15) is 0 Å². The lowest BCUT2D eigenvalue weighted by Gasteiger charge is -2.12. The van der Waals surface area contributed by atoms with Crippen molar-refractivity contribution in [1.29, 1.82) is 0 Å². The lowest BCUT2D eigenvalue weighted by Crippen LogP contribution is -2.08. The average molecular weight is 238 g/mol. The SMILES string of the molecule is [CH2]C(CO)c1ccc(OC(C)C)c([N+](=O)[O-])c1. The quantitative estimate of drug-likeness (QED) is 0.631. The van der Waals surface area contributed by atoms with E-state index in [0.29, 0.717) is 5.56 Å². The summed E-state index contributed by atoms with van der Waals surface area (Å²) in [5.74, 6) is -0.138. The van der Waals surface area contributed by atoms with E-state index in [0.717, 1.165) is 0 Å². The van der Waals surface area contributed by atoms with Crippen molar-refractivity contribution in [3.05, 3.63) is 40.8 Å². The first-order valence-electron chi connectivity index (χ1n) is 5.34. The summed E-state index contributed by atoms with van der Waals surface area (Å²) in [7, 11) is 0. The van der Waals surface area contributed by atoms with Crippen LogP contribution in [0.2, 0.25) is 0 Å². The fourth-order valence-corrected chi connectivity index (χ4v) is 1.39. The van der Waals surface area contributed by atoms with Gasteiger partial charge in [-0.3, -0.25) is 10.1 Å². The molecule has 0 amide bonds. The zero-order valence-electron chi connectivity index (χ0n) is 9.92. The molecule has 1 rings (SSSR count). The van der Waals surface area contributed by atoms with Crippen LogP contribution in [0, 0.1) is 17.0 Å². The van der Waals surface area contributed by atoms with Crippen molar-refractivity contribution in [3.8, 4) is 5.75 Å². The number of nitrogens with zero attached hydrogens (tertiary/aromatic N) is 1. The Hall–Kier alpha value is -1.62. The van der Waals surface area contributed by atoms with Gasteiger partial charge in [0.05, 0.1) is 11.0 Å². The highest BCUT2D eigenvalue weighted by Crippen LogP contribution is 2.31. The molecule has 0 bridgehead atoms. The predicted octanol–water partition coefficient (Wildman–Crippen LogP) is 2.29. The van der Waals surface area contributed by atoms with E-state index in [1.54, 1.807) is 26.0 Å². The average Bonchev–Trinajstić information content (AvgIpc) is 2.27. The van der Waals surface area contributed by atoms with Crippen LogP contribution < -0.4 is 4.74 Å². The third-order valence-electron chi connectivity index (χ3n) is 2.23. The molecule has 93 valence electrons. The fourth-order valence-electron chi connectivity index (χ4n) is 1.39. The monoisotopic (exact) mass is 238 g/mol. The molecule has 1 aromatic carbocycles. The van der Waals surface area contributed by atoms with E-state index < -0.39 is 4.92 Å². The summed E-state index contributed by atoms with van der Waals surface area (Å²) in [6.45, 7) is 7.16. The first-order chi connectivity index (χ1) is 7.95. The molecule has 0 fully saturated rings. The number of aliphatic hydroxyl groups excluding tert-OH is 1. The van der Waals surface area contributed by atoms with Crippen molar-refractivity contribution >= 4 is 5.69 Å². The van der Waals surface area contributed by atoms with Gasteiger partial charge in [-0.05, 0) is 32.4 Å². The van der Waals surface area contributed by atoms with Gasteiger partial charge in [0.15, 0.2) is 5.75 Å². The number of nitro groups is 1. The second-order valence-corrected chi connectivity index (χ2v) is 4.03. The van der Waals surface area contributed by atoms with Gasteiger partial charge in [0, 0.05) is 18.6 Å². The van der Waals surface area contributed by atoms with Crippen molar-refractivity contribution in [1.82, 2.24) is 0 Å². The number of aliphatic hydroxyl groups is 1. The van der Waals surface area contributed by atoms with Crippen LogP contribution in [-0.4, -0.2) is 22.7 Å². The largest absolute Gasteiger partial charge is 0.484 e. The van der Waals surface area contributed by atoms with Gasteiger partial charge in [0.2, 0.25) is 0 Å². The van der Waals surface area contributed by atoms with Crippen LogP contribution in [0.5, 0.6) is 5.75 Å². The molecule has 0 aliphatic carbocycles. The number of hydrogen-bond acceptors (Lipinski definition) is 4. The normalized spacial score (nSPS) is 12.5. The Kier molecular flexibility index (Phi) is 4.45. The fraction of sp³-hybridized carbons (Fsp3) is 0.417. The van der Waals surface area contributed by atoms with Crippen LogP contribution in [-0.2, 0) is 0 Å². The summed E-state index contributed by atoms with van der Waals surface area (Å²) in [4.78, 5) is 10.4. The maximum absolute atomic E-state index is 10.9. The summed E-state index contributed by atoms with van der Waals surface area (Å²) in [5, 5.41) is 19.9. The Morgan fingerprint density at radius 1 is 1.53 bits per heavy atom. The van der Waals surface area contributed by atoms with E-state index in [1.807, 2.05) is 0 Å². The minimum atomic E-state index is -0.495. The molecule has 17 heavy (non-hydrogen) atoms. The highest BCUT2D eigenvalue weighted by molar-refractivity contribution is 5.49. The molecule has 1 atom stereocenters.